The Balaban J connectivity index is 1.97. The standard InChI is InChI=1S/C10H11N4O3/c11-10-7-13(12-17-10)6-5-8-1-3-9(4-2-8)14(15)16/h1-4,7H,5-6,11H2/q+1. The smallest absolute Gasteiger partial charge is 0.293 e. The van der Waals surface area contributed by atoms with Gasteiger partial charge in [-0.25, -0.2) is 0 Å². The molecule has 0 aliphatic rings. The number of aromatic nitrogens is 2. The Labute approximate surface area is 96.6 Å². The van der Waals surface area contributed by atoms with E-state index in [2.05, 4.69) is 5.27 Å². The summed E-state index contributed by atoms with van der Waals surface area (Å²) in [5, 5.41) is 14.1. The normalized spacial score (nSPS) is 10.4. The molecule has 0 saturated carbocycles. The van der Waals surface area contributed by atoms with Crippen molar-refractivity contribution in [2.24, 2.45) is 0 Å². The molecule has 17 heavy (non-hydrogen) atoms. The minimum Gasteiger partial charge on any atom is -0.362 e. The van der Waals surface area contributed by atoms with Crippen molar-refractivity contribution in [3.05, 3.63) is 46.1 Å². The highest BCUT2D eigenvalue weighted by Crippen LogP contribution is 2.12. The van der Waals surface area contributed by atoms with E-state index in [0.29, 0.717) is 13.0 Å². The highest BCUT2D eigenvalue weighted by Gasteiger charge is 2.09. The molecule has 0 amide bonds. The number of rotatable bonds is 4. The summed E-state index contributed by atoms with van der Waals surface area (Å²) in [5.41, 5.74) is 6.46. The largest absolute Gasteiger partial charge is 0.362 e. The van der Waals surface area contributed by atoms with Gasteiger partial charge in [-0.3, -0.25) is 14.6 Å². The molecule has 0 radical (unpaired) electrons. The predicted molar refractivity (Wildman–Crippen MR) is 57.9 cm³/mol. The minimum absolute atomic E-state index is 0.0899. The number of nitrogen functional groups attached to an aromatic ring is 1. The molecule has 1 heterocycles. The van der Waals surface area contributed by atoms with Gasteiger partial charge in [0.1, 0.15) is 0 Å². The third-order valence-corrected chi connectivity index (χ3v) is 2.30. The number of nitro groups is 1. The van der Waals surface area contributed by atoms with E-state index in [-0.39, 0.29) is 11.6 Å². The van der Waals surface area contributed by atoms with Crippen molar-refractivity contribution in [2.45, 2.75) is 13.0 Å². The van der Waals surface area contributed by atoms with Crippen molar-refractivity contribution in [3.8, 4) is 0 Å². The molecule has 0 unspecified atom stereocenters. The van der Waals surface area contributed by atoms with Crippen LogP contribution in [0.5, 0.6) is 0 Å². The van der Waals surface area contributed by atoms with Gasteiger partial charge in [0, 0.05) is 18.6 Å². The molecule has 2 aromatic rings. The molecule has 1 aromatic carbocycles. The fraction of sp³-hybridized carbons (Fsp3) is 0.200. The fourth-order valence-electron chi connectivity index (χ4n) is 1.43. The molecular formula is C10H11N4O3+. The second-order valence-electron chi connectivity index (χ2n) is 3.54. The lowest BCUT2D eigenvalue weighted by molar-refractivity contribution is -0.761. The van der Waals surface area contributed by atoms with Crippen molar-refractivity contribution < 1.29 is 14.1 Å². The van der Waals surface area contributed by atoms with Crippen LogP contribution in [0.3, 0.4) is 0 Å². The predicted octanol–water partition coefficient (Wildman–Crippen LogP) is 0.695. The number of hydrogen-bond donors (Lipinski definition) is 1. The topological polar surface area (TPSA) is 99.1 Å². The second-order valence-corrected chi connectivity index (χ2v) is 3.54. The van der Waals surface area contributed by atoms with Crippen LogP contribution in [0, 0.1) is 10.1 Å². The summed E-state index contributed by atoms with van der Waals surface area (Å²) >= 11 is 0. The summed E-state index contributed by atoms with van der Waals surface area (Å²) in [6, 6.07) is 6.42. The molecule has 0 aliphatic heterocycles. The molecule has 1 aromatic heterocycles. The average Bonchev–Trinajstić information content (AvgIpc) is 2.73. The Kier molecular flexibility index (Phi) is 2.99. The molecule has 0 aliphatic carbocycles. The van der Waals surface area contributed by atoms with Crippen LogP contribution < -0.4 is 10.4 Å². The lowest BCUT2D eigenvalue weighted by Gasteiger charge is -1.95. The van der Waals surface area contributed by atoms with Crippen molar-refractivity contribution in [3.63, 3.8) is 0 Å². The zero-order valence-electron chi connectivity index (χ0n) is 8.94. The zero-order chi connectivity index (χ0) is 12.3. The third kappa shape index (κ3) is 2.77. The van der Waals surface area contributed by atoms with Crippen molar-refractivity contribution in [2.75, 3.05) is 5.73 Å². The summed E-state index contributed by atoms with van der Waals surface area (Å²) in [4.78, 5) is 10.0. The number of hydrogen-bond acceptors (Lipinski definition) is 5. The molecule has 0 fully saturated rings. The number of nitrogens with two attached hydrogens (primary N) is 1. The Morgan fingerprint density at radius 3 is 2.65 bits per heavy atom. The van der Waals surface area contributed by atoms with Gasteiger partial charge in [0.05, 0.1) is 4.92 Å². The van der Waals surface area contributed by atoms with Gasteiger partial charge in [0.2, 0.25) is 5.27 Å². The summed E-state index contributed by atoms with van der Waals surface area (Å²) < 4.78 is 6.29. The van der Waals surface area contributed by atoms with Gasteiger partial charge in [-0.1, -0.05) is 16.8 Å². The van der Waals surface area contributed by atoms with E-state index >= 15 is 0 Å². The summed E-state index contributed by atoms with van der Waals surface area (Å²) in [6.45, 7) is 0.610. The molecular weight excluding hydrogens is 224 g/mol. The number of nitrogens with zero attached hydrogens (tertiary/aromatic N) is 3. The Hall–Kier alpha value is -2.44. The van der Waals surface area contributed by atoms with Crippen LogP contribution in [0.1, 0.15) is 5.56 Å². The van der Waals surface area contributed by atoms with Crippen LogP contribution in [0.15, 0.2) is 35.0 Å². The average molecular weight is 235 g/mol. The SMILES string of the molecule is Nc1c[n+](CCc2ccc([N+](=O)[O-])cc2)no1. The number of anilines is 1. The highest BCUT2D eigenvalue weighted by atomic mass is 16.6. The van der Waals surface area contributed by atoms with Gasteiger partial charge >= 0.3 is 0 Å². The molecule has 0 saturated heterocycles. The maximum absolute atomic E-state index is 10.5. The van der Waals surface area contributed by atoms with Crippen molar-refractivity contribution in [1.29, 1.82) is 0 Å². The molecule has 7 nitrogen and oxygen atoms in total. The van der Waals surface area contributed by atoms with Gasteiger partial charge in [-0.05, 0) is 5.56 Å². The number of nitro benzene ring substituents is 1. The fourth-order valence-corrected chi connectivity index (χ4v) is 1.43. The molecule has 2 N–H and O–H groups in total. The molecule has 7 heteroatoms. The second kappa shape index (κ2) is 4.60. The Bertz CT molecular complexity index is 521. The van der Waals surface area contributed by atoms with Crippen LogP contribution in [0.4, 0.5) is 11.6 Å². The first-order chi connectivity index (χ1) is 8.15. The van der Waals surface area contributed by atoms with E-state index in [4.69, 9.17) is 10.3 Å². The maximum Gasteiger partial charge on any atom is 0.293 e. The first-order valence-corrected chi connectivity index (χ1v) is 5.00. The molecule has 88 valence electrons. The van der Waals surface area contributed by atoms with E-state index in [0.717, 1.165) is 5.56 Å². The first-order valence-electron chi connectivity index (χ1n) is 5.00. The molecule has 0 bridgehead atoms. The lowest BCUT2D eigenvalue weighted by Crippen LogP contribution is -2.35. The van der Waals surface area contributed by atoms with Gasteiger partial charge in [0.15, 0.2) is 6.54 Å². The van der Waals surface area contributed by atoms with E-state index in [1.807, 2.05) is 0 Å². The monoisotopic (exact) mass is 235 g/mol. The van der Waals surface area contributed by atoms with E-state index in [9.17, 15) is 10.1 Å². The zero-order valence-corrected chi connectivity index (χ0v) is 8.94. The van der Waals surface area contributed by atoms with Crippen molar-refractivity contribution >= 4 is 11.6 Å². The number of non-ortho nitro benzene ring substituents is 1. The Morgan fingerprint density at radius 1 is 1.41 bits per heavy atom. The van der Waals surface area contributed by atoms with Gasteiger partial charge < -0.3 is 5.73 Å². The molecule has 0 atom stereocenters. The van der Waals surface area contributed by atoms with Gasteiger partial charge in [-0.15, -0.1) is 0 Å². The Morgan fingerprint density at radius 2 is 2.12 bits per heavy atom. The van der Waals surface area contributed by atoms with Crippen LogP contribution in [-0.2, 0) is 13.0 Å². The minimum atomic E-state index is -0.420. The summed E-state index contributed by atoms with van der Waals surface area (Å²) in [6.07, 6.45) is 2.29. The van der Waals surface area contributed by atoms with E-state index in [1.54, 1.807) is 23.0 Å². The number of benzene rings is 1. The highest BCUT2D eigenvalue weighted by molar-refractivity contribution is 5.32. The van der Waals surface area contributed by atoms with E-state index < -0.39 is 4.92 Å². The van der Waals surface area contributed by atoms with Crippen LogP contribution in [0.2, 0.25) is 0 Å². The lowest BCUT2D eigenvalue weighted by atomic mass is 10.1. The summed E-state index contributed by atoms with van der Waals surface area (Å²) in [5.74, 6) is 0.258. The maximum atomic E-state index is 10.5. The van der Waals surface area contributed by atoms with Gasteiger partial charge in [0.25, 0.3) is 17.8 Å². The van der Waals surface area contributed by atoms with Crippen molar-refractivity contribution in [1.82, 2.24) is 5.27 Å². The quantitative estimate of drug-likeness (QED) is 0.477. The molecule has 2 rings (SSSR count). The molecule has 0 spiro atoms. The third-order valence-electron chi connectivity index (χ3n) is 2.30. The van der Waals surface area contributed by atoms with E-state index in [1.165, 1.54) is 12.1 Å². The van der Waals surface area contributed by atoms with Gasteiger partial charge in [-0.2, -0.15) is 0 Å². The first kappa shape index (κ1) is 11.1. The van der Waals surface area contributed by atoms with Crippen LogP contribution in [-0.4, -0.2) is 10.2 Å². The number of aryl methyl sites for hydroxylation is 2. The van der Waals surface area contributed by atoms with Crippen LogP contribution in [0.25, 0.3) is 0 Å². The summed E-state index contributed by atoms with van der Waals surface area (Å²) in [7, 11) is 0. The van der Waals surface area contributed by atoms with Crippen LogP contribution >= 0.6 is 0 Å².